The lowest BCUT2D eigenvalue weighted by atomic mass is 9.93. The molecule has 0 unspecified atom stereocenters. The van der Waals surface area contributed by atoms with Gasteiger partial charge in [-0.1, -0.05) is 23.2 Å². The molecule has 120 valence electrons. The number of fused-ring (bicyclic) bond motifs is 1. The summed E-state index contributed by atoms with van der Waals surface area (Å²) in [5, 5.41) is 4.87. The summed E-state index contributed by atoms with van der Waals surface area (Å²) in [5.74, 6) is 2.73. The van der Waals surface area contributed by atoms with Gasteiger partial charge in [-0.2, -0.15) is 0 Å². The molecule has 1 aromatic carbocycles. The minimum atomic E-state index is 0.557. The van der Waals surface area contributed by atoms with Crippen LogP contribution in [0.25, 0.3) is 0 Å². The van der Waals surface area contributed by atoms with Gasteiger partial charge < -0.3 is 10.2 Å². The van der Waals surface area contributed by atoms with Gasteiger partial charge in [0, 0.05) is 23.2 Å². The van der Waals surface area contributed by atoms with Crippen LogP contribution in [-0.4, -0.2) is 22.6 Å². The molecule has 0 spiro atoms. The van der Waals surface area contributed by atoms with Gasteiger partial charge in [0.05, 0.1) is 10.7 Å². The molecule has 1 aromatic heterocycles. The average molecular weight is 349 g/mol. The minimum Gasteiger partial charge on any atom is -0.367 e. The first-order valence-electron chi connectivity index (χ1n) is 7.98. The van der Waals surface area contributed by atoms with Gasteiger partial charge in [-0.15, -0.1) is 0 Å². The van der Waals surface area contributed by atoms with Crippen molar-refractivity contribution in [2.45, 2.75) is 38.6 Å². The summed E-state index contributed by atoms with van der Waals surface area (Å²) in [6, 6.07) is 6.15. The van der Waals surface area contributed by atoms with Crippen LogP contribution >= 0.6 is 23.2 Å². The Bertz CT molecular complexity index is 758. The average Bonchev–Trinajstić information content (AvgIpc) is 2.86. The van der Waals surface area contributed by atoms with Gasteiger partial charge in [-0.05, 0) is 50.8 Å². The Hall–Kier alpha value is -1.52. The van der Waals surface area contributed by atoms with E-state index in [0.29, 0.717) is 16.1 Å². The second kappa shape index (κ2) is 5.84. The number of benzene rings is 1. The predicted molar refractivity (Wildman–Crippen MR) is 95.2 cm³/mol. The topological polar surface area (TPSA) is 41.1 Å². The summed E-state index contributed by atoms with van der Waals surface area (Å²) >= 11 is 12.4. The van der Waals surface area contributed by atoms with Gasteiger partial charge in [0.25, 0.3) is 0 Å². The first kappa shape index (κ1) is 15.0. The van der Waals surface area contributed by atoms with Crippen molar-refractivity contribution in [1.29, 1.82) is 0 Å². The maximum absolute atomic E-state index is 6.39. The molecule has 0 amide bonds. The number of hydrogen-bond donors (Lipinski definition) is 1. The molecule has 0 saturated heterocycles. The summed E-state index contributed by atoms with van der Waals surface area (Å²) in [6.45, 7) is 2.79. The summed E-state index contributed by atoms with van der Waals surface area (Å²) in [6.07, 6.45) is 4.68. The number of rotatable bonds is 3. The Morgan fingerprint density at radius 2 is 2.04 bits per heavy atom. The number of anilines is 3. The van der Waals surface area contributed by atoms with Crippen molar-refractivity contribution < 1.29 is 0 Å². The second-order valence-electron chi connectivity index (χ2n) is 6.19. The molecular formula is C17H18Cl2N4. The molecule has 0 bridgehead atoms. The van der Waals surface area contributed by atoms with Gasteiger partial charge in [-0.3, -0.25) is 0 Å². The van der Waals surface area contributed by atoms with Crippen LogP contribution in [0.3, 0.4) is 0 Å². The van der Waals surface area contributed by atoms with Crippen molar-refractivity contribution in [2.24, 2.45) is 0 Å². The van der Waals surface area contributed by atoms with E-state index in [0.717, 1.165) is 36.1 Å². The van der Waals surface area contributed by atoms with E-state index in [4.69, 9.17) is 23.2 Å². The van der Waals surface area contributed by atoms with E-state index < -0.39 is 0 Å². The third-order valence-corrected chi connectivity index (χ3v) is 5.12. The zero-order valence-electron chi connectivity index (χ0n) is 12.9. The van der Waals surface area contributed by atoms with E-state index in [-0.39, 0.29) is 0 Å². The van der Waals surface area contributed by atoms with Gasteiger partial charge >= 0.3 is 0 Å². The molecule has 1 aliphatic carbocycles. The molecular weight excluding hydrogens is 331 g/mol. The van der Waals surface area contributed by atoms with Crippen molar-refractivity contribution in [3.05, 3.63) is 39.6 Å². The highest BCUT2D eigenvalue weighted by Gasteiger charge is 2.29. The van der Waals surface area contributed by atoms with E-state index in [9.17, 15) is 0 Å². The van der Waals surface area contributed by atoms with E-state index in [1.54, 1.807) is 6.07 Å². The molecule has 2 aromatic rings. The van der Waals surface area contributed by atoms with Crippen LogP contribution in [-0.2, 0) is 6.42 Å². The fourth-order valence-corrected chi connectivity index (χ4v) is 3.67. The lowest BCUT2D eigenvalue weighted by Gasteiger charge is -2.28. The smallest absolute Gasteiger partial charge is 0.142 e. The molecule has 4 rings (SSSR count). The van der Waals surface area contributed by atoms with Gasteiger partial charge in [0.1, 0.15) is 17.5 Å². The van der Waals surface area contributed by atoms with Gasteiger partial charge in [0.2, 0.25) is 0 Å². The molecule has 1 aliphatic heterocycles. The molecule has 0 atom stereocenters. The van der Waals surface area contributed by atoms with Crippen molar-refractivity contribution >= 4 is 40.5 Å². The fraction of sp³-hybridized carbons (Fsp3) is 0.412. The third-order valence-electron chi connectivity index (χ3n) is 4.58. The molecule has 1 saturated carbocycles. The molecule has 1 N–H and O–H groups in total. The Labute approximate surface area is 145 Å². The van der Waals surface area contributed by atoms with Crippen LogP contribution in [0.5, 0.6) is 0 Å². The number of nitrogens with one attached hydrogen (secondary N) is 1. The van der Waals surface area contributed by atoms with Crippen molar-refractivity contribution in [2.75, 3.05) is 16.8 Å². The lowest BCUT2D eigenvalue weighted by Crippen LogP contribution is -2.28. The number of aryl methyl sites for hydroxylation is 1. The standard InChI is InChI=1S/C17H18Cl2N4/c1-10-20-16(22-12-3-2-4-12)13-7-8-23(17(13)21-10)15-6-5-11(18)9-14(15)19/h5-6,9,12H,2-4,7-8H2,1H3,(H,20,21,22). The zero-order chi connectivity index (χ0) is 16.0. The van der Waals surface area contributed by atoms with Crippen LogP contribution in [0.4, 0.5) is 17.3 Å². The highest BCUT2D eigenvalue weighted by Crippen LogP contribution is 2.40. The van der Waals surface area contributed by atoms with Crippen LogP contribution in [0.2, 0.25) is 10.0 Å². The first-order chi connectivity index (χ1) is 11.1. The van der Waals surface area contributed by atoms with Crippen molar-refractivity contribution in [3.63, 3.8) is 0 Å². The van der Waals surface area contributed by atoms with E-state index >= 15 is 0 Å². The minimum absolute atomic E-state index is 0.557. The van der Waals surface area contributed by atoms with E-state index in [2.05, 4.69) is 20.2 Å². The highest BCUT2D eigenvalue weighted by atomic mass is 35.5. The largest absolute Gasteiger partial charge is 0.367 e. The molecule has 1 fully saturated rings. The predicted octanol–water partition coefficient (Wildman–Crippen LogP) is 4.75. The summed E-state index contributed by atoms with van der Waals surface area (Å²) in [4.78, 5) is 11.5. The SMILES string of the molecule is Cc1nc(NC2CCC2)c2c(n1)N(c1ccc(Cl)cc1Cl)CC2. The van der Waals surface area contributed by atoms with E-state index in [1.807, 2.05) is 19.1 Å². The third kappa shape index (κ3) is 2.74. The molecule has 0 radical (unpaired) electrons. The normalized spacial score (nSPS) is 17.1. The fourth-order valence-electron chi connectivity index (χ4n) is 3.16. The Morgan fingerprint density at radius 3 is 2.74 bits per heavy atom. The molecule has 2 heterocycles. The summed E-state index contributed by atoms with van der Waals surface area (Å²) < 4.78 is 0. The monoisotopic (exact) mass is 348 g/mol. The van der Waals surface area contributed by atoms with Gasteiger partial charge in [-0.25, -0.2) is 9.97 Å². The van der Waals surface area contributed by atoms with Crippen LogP contribution in [0.15, 0.2) is 18.2 Å². The maximum atomic E-state index is 6.39. The molecule has 2 aliphatic rings. The number of hydrogen-bond acceptors (Lipinski definition) is 4. The molecule has 23 heavy (non-hydrogen) atoms. The number of nitrogens with zero attached hydrogens (tertiary/aromatic N) is 3. The molecule has 6 heteroatoms. The zero-order valence-corrected chi connectivity index (χ0v) is 14.5. The molecule has 4 nitrogen and oxygen atoms in total. The second-order valence-corrected chi connectivity index (χ2v) is 7.03. The van der Waals surface area contributed by atoms with Crippen LogP contribution < -0.4 is 10.2 Å². The Kier molecular flexibility index (Phi) is 3.82. The summed E-state index contributed by atoms with van der Waals surface area (Å²) in [7, 11) is 0. The van der Waals surface area contributed by atoms with Crippen molar-refractivity contribution in [3.8, 4) is 0 Å². The quantitative estimate of drug-likeness (QED) is 0.868. The number of halogens is 2. The Balaban J connectivity index is 1.73. The summed E-state index contributed by atoms with van der Waals surface area (Å²) in [5.41, 5.74) is 2.14. The Morgan fingerprint density at radius 1 is 1.22 bits per heavy atom. The maximum Gasteiger partial charge on any atom is 0.142 e. The van der Waals surface area contributed by atoms with Gasteiger partial charge in [0.15, 0.2) is 0 Å². The van der Waals surface area contributed by atoms with Crippen LogP contribution in [0, 0.1) is 6.92 Å². The van der Waals surface area contributed by atoms with Crippen molar-refractivity contribution in [1.82, 2.24) is 9.97 Å². The lowest BCUT2D eigenvalue weighted by molar-refractivity contribution is 0.444. The number of aromatic nitrogens is 2. The highest BCUT2D eigenvalue weighted by molar-refractivity contribution is 6.36. The van der Waals surface area contributed by atoms with Crippen LogP contribution in [0.1, 0.15) is 30.7 Å². The first-order valence-corrected chi connectivity index (χ1v) is 8.74. The van der Waals surface area contributed by atoms with E-state index in [1.165, 1.54) is 24.8 Å².